The summed E-state index contributed by atoms with van der Waals surface area (Å²) in [4.78, 5) is 49.8. The number of pyridine rings is 1. The van der Waals surface area contributed by atoms with Gasteiger partial charge in [-0.15, -0.1) is 0 Å². The Morgan fingerprint density at radius 3 is 0.700 bits per heavy atom. The molecule has 10 heteroatoms. The molecule has 0 radical (unpaired) electrons. The fraction of sp³-hybridized carbons (Fsp3) is 0.129. The maximum atomic E-state index is 5.06. The van der Waals surface area contributed by atoms with Crippen molar-refractivity contribution in [3.8, 4) is 136 Å². The summed E-state index contributed by atoms with van der Waals surface area (Å²) in [5, 5.41) is 13.4. The molecule has 0 saturated heterocycles. The Morgan fingerprint density at radius 1 is 0.140 bits per heavy atom. The summed E-state index contributed by atoms with van der Waals surface area (Å²) in [5.41, 5.74) is 25.5. The van der Waals surface area contributed by atoms with Gasteiger partial charge in [-0.25, -0.2) is 44.9 Å². The van der Waals surface area contributed by atoms with E-state index >= 15 is 0 Å². The van der Waals surface area contributed by atoms with Gasteiger partial charge in [0.15, 0.2) is 52.4 Å². The lowest BCUT2D eigenvalue weighted by Crippen LogP contribution is -2.30. The molecule has 0 N–H and O–H groups in total. The minimum Gasteiger partial charge on any atom is -0.256 e. The van der Waals surface area contributed by atoms with E-state index in [1.54, 1.807) is 0 Å². The van der Waals surface area contributed by atoms with Crippen molar-refractivity contribution in [2.45, 2.75) is 113 Å². The van der Waals surface area contributed by atoms with E-state index in [4.69, 9.17) is 49.8 Å². The molecule has 24 aromatic rings. The van der Waals surface area contributed by atoms with Gasteiger partial charge in [0.2, 0.25) is 0 Å². The van der Waals surface area contributed by atoms with E-state index in [1.165, 1.54) is 173 Å². The highest BCUT2D eigenvalue weighted by Gasteiger charge is 2.40. The average Bonchev–Trinajstić information content (AvgIpc) is 0.760. The van der Waals surface area contributed by atoms with Crippen LogP contribution in [0.5, 0.6) is 0 Å². The van der Waals surface area contributed by atoms with E-state index in [-0.39, 0.29) is 16.2 Å². The molecular formula is C140H110N10. The van der Waals surface area contributed by atoms with Crippen LogP contribution in [0.2, 0.25) is 0 Å². The predicted molar refractivity (Wildman–Crippen MR) is 618 cm³/mol. The summed E-state index contributed by atoms with van der Waals surface area (Å²) in [6.45, 7) is 0. The fourth-order valence-electron chi connectivity index (χ4n) is 23.7. The zero-order chi connectivity index (χ0) is 100.0. The summed E-state index contributed by atoms with van der Waals surface area (Å²) in [7, 11) is 0. The van der Waals surface area contributed by atoms with Gasteiger partial charge in [-0.1, -0.05) is 507 Å². The van der Waals surface area contributed by atoms with Gasteiger partial charge >= 0.3 is 0 Å². The van der Waals surface area contributed by atoms with Gasteiger partial charge in [-0.3, -0.25) is 4.98 Å². The Balaban J connectivity index is 0.000000116. The van der Waals surface area contributed by atoms with E-state index in [0.29, 0.717) is 52.4 Å². The molecule has 3 aliphatic carbocycles. The summed E-state index contributed by atoms with van der Waals surface area (Å²) in [6.07, 6.45) is 20.0. The molecule has 10 nitrogen and oxygen atoms in total. The third-order valence-corrected chi connectivity index (χ3v) is 31.7. The monoisotopic (exact) mass is 1930 g/mol. The van der Waals surface area contributed by atoms with E-state index in [0.717, 1.165) is 105 Å². The van der Waals surface area contributed by atoms with Gasteiger partial charge in [-0.2, -0.15) is 0 Å². The van der Waals surface area contributed by atoms with E-state index in [9.17, 15) is 0 Å². The van der Waals surface area contributed by atoms with Crippen LogP contribution >= 0.6 is 0 Å². The number of benzene rings is 20. The maximum absolute atomic E-state index is 5.06. The van der Waals surface area contributed by atoms with Crippen LogP contribution in [0.4, 0.5) is 0 Å². The molecule has 0 unspecified atom stereocenters. The molecule has 0 spiro atoms. The minimum atomic E-state index is -0.0309. The highest BCUT2D eigenvalue weighted by atomic mass is 15.1. The molecule has 3 saturated carbocycles. The van der Waals surface area contributed by atoms with E-state index in [2.05, 4.69) is 419 Å². The minimum absolute atomic E-state index is 0.0107. The molecule has 3 fully saturated rings. The van der Waals surface area contributed by atoms with Gasteiger partial charge in [0.1, 0.15) is 0 Å². The molecule has 720 valence electrons. The third kappa shape index (κ3) is 19.0. The van der Waals surface area contributed by atoms with Gasteiger partial charge in [0, 0.05) is 83.5 Å². The first-order valence-corrected chi connectivity index (χ1v) is 53.1. The molecule has 150 heavy (non-hydrogen) atoms. The van der Waals surface area contributed by atoms with E-state index < -0.39 is 0 Å². The normalized spacial score (nSPS) is 14.2. The molecule has 20 aromatic carbocycles. The topological polar surface area (TPSA) is 129 Å². The second kappa shape index (κ2) is 41.6. The maximum Gasteiger partial charge on any atom is 0.164 e. The van der Waals surface area contributed by atoms with Crippen LogP contribution in [0.1, 0.15) is 130 Å². The molecule has 0 bridgehead atoms. The summed E-state index contributed by atoms with van der Waals surface area (Å²) >= 11 is 0. The molecule has 27 rings (SSSR count). The molecule has 4 heterocycles. The van der Waals surface area contributed by atoms with Crippen LogP contribution in [0.3, 0.4) is 0 Å². The van der Waals surface area contributed by atoms with Crippen LogP contribution in [-0.4, -0.2) is 49.8 Å². The van der Waals surface area contributed by atoms with Crippen molar-refractivity contribution >= 4 is 64.8 Å². The number of para-hydroxylation sites is 1. The zero-order valence-electron chi connectivity index (χ0n) is 83.8. The number of nitrogens with zero attached hydrogens (tertiary/aromatic N) is 10. The number of rotatable bonds is 18. The lowest BCUT2D eigenvalue weighted by molar-refractivity contribution is 0.346. The molecular weight excluding hydrogens is 1820 g/mol. The molecule has 0 amide bonds. The zero-order valence-corrected chi connectivity index (χ0v) is 83.8. The lowest BCUT2D eigenvalue weighted by atomic mass is 9.65. The van der Waals surface area contributed by atoms with Crippen LogP contribution in [-0.2, 0) is 16.2 Å². The van der Waals surface area contributed by atoms with Crippen molar-refractivity contribution in [3.63, 3.8) is 0 Å². The number of hydrogen-bond donors (Lipinski definition) is 0. The Morgan fingerprint density at radius 2 is 0.367 bits per heavy atom. The van der Waals surface area contributed by atoms with Crippen LogP contribution in [0.15, 0.2) is 485 Å². The van der Waals surface area contributed by atoms with E-state index in [1.807, 2.05) is 66.9 Å². The molecule has 0 aliphatic heterocycles. The van der Waals surface area contributed by atoms with Crippen molar-refractivity contribution in [1.29, 1.82) is 0 Å². The Hall–Kier alpha value is -17.9. The second-order valence-corrected chi connectivity index (χ2v) is 40.6. The summed E-state index contributed by atoms with van der Waals surface area (Å²) in [6, 6.07) is 171. The van der Waals surface area contributed by atoms with Crippen LogP contribution in [0.25, 0.3) is 201 Å². The SMILES string of the molecule is c1ccc(-c2nc(-c3ccc(C4(c5ccc(-c6ccc7ccccc7c6)cc5)CCCCC4)cc3)nc(-c3ccc4ccccc4c3)n2)cc1.c1ccc(-c2nc(-c3ccc(C4(c5ccc(-c6cccc7ccccc67)cc5)CCCCC4)cc3)nc(-c3ccc4ccccc4c3)n2)cc1.c1ccc(-c2nc(-c3ccc(C4(c5ccc(-c6cccc7cccnc67)cc5)CCCCC4)cc3)nc(-c3ccc4ccccc4c3)n2)cc1. The standard InChI is InChI=1S/2C47H37N3.C46H36N4/c1-3-13-36(14-4-1)44-48-45(50-46(49-44)41-20-18-34-12-6-8-16-39(34)32-41)37-23-27-43(28-24-37)47(29-9-2-10-30-47)42-25-21-35(22-26-42)40-19-17-33-11-5-7-15-38(33)31-40;1-3-14-36(15-4-1)44-48-45(50-46(49-44)39-21-20-33-12-5-6-16-38(33)32-39)37-24-28-41(29-25-37)47(30-9-2-10-31-47)40-26-22-35(23-27-40)43-19-11-17-34-13-7-8-18-42(34)43;1-3-12-35(13-4-1)43-48-44(50-45(49-43)38-19-18-32-11-5-6-14-37(32)31-38)36-22-26-40(27-23-36)46(28-7-2-8-29-46)39-24-20-33(21-25-39)41-17-9-15-34-16-10-30-47-42(34)41/h1,3-8,11-28,31-32H,2,9-10,29-30H2;1,3-8,11-29,32H,2,9-10,30-31H2;1,3-6,9-27,30-31H,2,7-8,28-29H2. The molecule has 4 aromatic heterocycles. The van der Waals surface area contributed by atoms with Crippen molar-refractivity contribution in [1.82, 2.24) is 49.8 Å². The lowest BCUT2D eigenvalue weighted by Gasteiger charge is -2.39. The first kappa shape index (κ1) is 93.2. The van der Waals surface area contributed by atoms with Gasteiger partial charge < -0.3 is 0 Å². The number of hydrogen-bond acceptors (Lipinski definition) is 10. The largest absolute Gasteiger partial charge is 0.256 e. The van der Waals surface area contributed by atoms with Gasteiger partial charge in [0.05, 0.1) is 5.52 Å². The van der Waals surface area contributed by atoms with Crippen LogP contribution < -0.4 is 0 Å². The highest BCUT2D eigenvalue weighted by Crippen LogP contribution is 2.51. The third-order valence-electron chi connectivity index (χ3n) is 31.7. The first-order valence-electron chi connectivity index (χ1n) is 53.1. The quantitative estimate of drug-likeness (QED) is 0.0819. The van der Waals surface area contributed by atoms with Crippen LogP contribution in [0, 0.1) is 0 Å². The molecule has 3 aliphatic rings. The van der Waals surface area contributed by atoms with Crippen molar-refractivity contribution in [2.75, 3.05) is 0 Å². The van der Waals surface area contributed by atoms with Crippen molar-refractivity contribution < 1.29 is 0 Å². The Bertz CT molecular complexity index is 8630. The predicted octanol–water partition coefficient (Wildman–Crippen LogP) is 35.7. The summed E-state index contributed by atoms with van der Waals surface area (Å²) < 4.78 is 0. The van der Waals surface area contributed by atoms with Crippen molar-refractivity contribution in [3.05, 3.63) is 519 Å². The van der Waals surface area contributed by atoms with Gasteiger partial charge in [0.25, 0.3) is 0 Å². The van der Waals surface area contributed by atoms with Gasteiger partial charge in [-0.05, 0) is 184 Å². The highest BCUT2D eigenvalue weighted by molar-refractivity contribution is 5.98. The van der Waals surface area contributed by atoms with Crippen molar-refractivity contribution in [2.24, 2.45) is 0 Å². The average molecular weight is 1930 g/mol. The second-order valence-electron chi connectivity index (χ2n) is 40.6. The Labute approximate surface area is 875 Å². The summed E-state index contributed by atoms with van der Waals surface area (Å²) in [5.74, 6) is 6.12. The Kier molecular flexibility index (Phi) is 25.8. The fourth-order valence-corrected chi connectivity index (χ4v) is 23.7. The smallest absolute Gasteiger partial charge is 0.164 e. The number of aromatic nitrogens is 10. The number of fused-ring (bicyclic) bond motifs is 6. The first-order chi connectivity index (χ1) is 74.2. The molecule has 0 atom stereocenters.